The third-order valence-electron chi connectivity index (χ3n) is 10.7. The SMILES string of the molecule is CO[C@H]1O[C@H](CO[C@@H]2O[C@@H]3C(=O)O[C@@H]([C@H]3OCc3ccccc3)[C@H]2OCc2ccccc2)[C@@H](OCc2ccccc2)[C@H](OCc2ccccc2)[C@H]1OCc1ccccc1. The maximum absolute atomic E-state index is 13.3. The minimum Gasteiger partial charge on any atom is -0.454 e. The number of ether oxygens (including phenoxy) is 10. The van der Waals surface area contributed by atoms with Gasteiger partial charge < -0.3 is 47.4 Å². The van der Waals surface area contributed by atoms with Crippen molar-refractivity contribution < 1.29 is 52.2 Å². The lowest BCUT2D eigenvalue weighted by atomic mass is 9.97. The van der Waals surface area contributed by atoms with Gasteiger partial charge in [0.2, 0.25) is 0 Å². The Morgan fingerprint density at radius 2 is 0.814 bits per heavy atom. The highest BCUT2D eigenvalue weighted by atomic mass is 16.8. The summed E-state index contributed by atoms with van der Waals surface area (Å²) in [5.74, 6) is -0.530. The second kappa shape index (κ2) is 20.5. The van der Waals surface area contributed by atoms with Gasteiger partial charge in [-0.05, 0) is 27.8 Å². The molecule has 5 aromatic rings. The van der Waals surface area contributed by atoms with Gasteiger partial charge in [-0.25, -0.2) is 4.79 Å². The number of hydrogen-bond donors (Lipinski definition) is 0. The standard InChI is InChI=1S/C48H50O11/c1-50-47-44(54-30-36-23-13-5-14-24-36)40(52-28-34-19-9-3-10-20-34)39(51-27-33-17-7-2-8-18-33)38(57-47)32-56-48-45(55-31-37-25-15-6-16-26-37)42-41(43(59-48)46(49)58-42)53-29-35-21-11-4-12-22-35/h2-26,38-45,47-48H,27-32H2,1H3/t38-,39-,40+,41-,42+,43+,44-,45-,47+,48-/m1/s1. The molecule has 59 heavy (non-hydrogen) atoms. The lowest BCUT2D eigenvalue weighted by Gasteiger charge is -2.46. The molecule has 3 saturated heterocycles. The highest BCUT2D eigenvalue weighted by Gasteiger charge is 2.59. The zero-order chi connectivity index (χ0) is 40.2. The molecule has 0 saturated carbocycles. The summed E-state index contributed by atoms with van der Waals surface area (Å²) < 4.78 is 64.5. The molecule has 10 atom stereocenters. The molecule has 0 spiro atoms. The maximum Gasteiger partial charge on any atom is 0.338 e. The van der Waals surface area contributed by atoms with Crippen LogP contribution in [0.4, 0.5) is 0 Å². The number of benzene rings is 5. The van der Waals surface area contributed by atoms with Crippen LogP contribution in [0.3, 0.4) is 0 Å². The summed E-state index contributed by atoms with van der Waals surface area (Å²) in [7, 11) is 1.58. The van der Waals surface area contributed by atoms with Gasteiger partial charge in [0.1, 0.15) is 36.6 Å². The van der Waals surface area contributed by atoms with Gasteiger partial charge in [0.05, 0.1) is 39.6 Å². The molecule has 0 aliphatic carbocycles. The molecule has 5 aromatic carbocycles. The van der Waals surface area contributed by atoms with Crippen molar-refractivity contribution in [2.45, 2.75) is 94.4 Å². The van der Waals surface area contributed by atoms with Crippen molar-refractivity contribution in [2.75, 3.05) is 13.7 Å². The summed E-state index contributed by atoms with van der Waals surface area (Å²) in [4.78, 5) is 13.3. The number of esters is 1. The molecule has 11 nitrogen and oxygen atoms in total. The monoisotopic (exact) mass is 802 g/mol. The van der Waals surface area contributed by atoms with E-state index >= 15 is 0 Å². The molecule has 8 rings (SSSR count). The summed E-state index contributed by atoms with van der Waals surface area (Å²) >= 11 is 0. The number of methoxy groups -OCH3 is 1. The lowest BCUT2D eigenvalue weighted by Crippen LogP contribution is -2.62. The minimum absolute atomic E-state index is 0.0328. The molecule has 3 fully saturated rings. The van der Waals surface area contributed by atoms with E-state index < -0.39 is 67.4 Å². The zero-order valence-corrected chi connectivity index (χ0v) is 32.9. The van der Waals surface area contributed by atoms with Crippen LogP contribution in [0.1, 0.15) is 27.8 Å². The van der Waals surface area contributed by atoms with Crippen LogP contribution < -0.4 is 0 Å². The fourth-order valence-corrected chi connectivity index (χ4v) is 7.62. The summed E-state index contributed by atoms with van der Waals surface area (Å²) in [6.07, 6.45) is -8.01. The van der Waals surface area contributed by atoms with Crippen LogP contribution >= 0.6 is 0 Å². The molecule has 3 aliphatic heterocycles. The van der Waals surface area contributed by atoms with Gasteiger partial charge in [-0.3, -0.25) is 0 Å². The Labute approximate surface area is 345 Å². The third-order valence-corrected chi connectivity index (χ3v) is 10.7. The van der Waals surface area contributed by atoms with Crippen LogP contribution in [0.5, 0.6) is 0 Å². The van der Waals surface area contributed by atoms with E-state index in [2.05, 4.69) is 0 Å². The first-order valence-corrected chi connectivity index (χ1v) is 20.1. The van der Waals surface area contributed by atoms with E-state index in [1.165, 1.54) is 0 Å². The molecule has 0 radical (unpaired) electrons. The van der Waals surface area contributed by atoms with Crippen LogP contribution in [0.25, 0.3) is 0 Å². The maximum atomic E-state index is 13.3. The van der Waals surface area contributed by atoms with Gasteiger partial charge in [-0.2, -0.15) is 0 Å². The summed E-state index contributed by atoms with van der Waals surface area (Å²) in [6.45, 7) is 1.32. The smallest absolute Gasteiger partial charge is 0.338 e. The molecule has 3 heterocycles. The first-order valence-electron chi connectivity index (χ1n) is 20.1. The number of carbonyl (C=O) groups is 1. The van der Waals surface area contributed by atoms with E-state index in [1.54, 1.807) is 7.11 Å². The summed E-state index contributed by atoms with van der Waals surface area (Å²) in [6, 6.07) is 49.3. The Kier molecular flexibility index (Phi) is 14.2. The second-order valence-corrected chi connectivity index (χ2v) is 14.7. The number of fused-ring (bicyclic) bond motifs is 2. The third kappa shape index (κ3) is 10.5. The molecule has 2 bridgehead atoms. The van der Waals surface area contributed by atoms with E-state index in [0.717, 1.165) is 27.8 Å². The van der Waals surface area contributed by atoms with Crippen molar-refractivity contribution in [3.8, 4) is 0 Å². The van der Waals surface area contributed by atoms with Crippen molar-refractivity contribution >= 4 is 5.97 Å². The Balaban J connectivity index is 1.05. The summed E-state index contributed by atoms with van der Waals surface area (Å²) in [5.41, 5.74) is 4.85. The molecule has 0 N–H and O–H groups in total. The van der Waals surface area contributed by atoms with E-state index in [-0.39, 0.29) is 26.4 Å². The van der Waals surface area contributed by atoms with Gasteiger partial charge in [-0.15, -0.1) is 0 Å². The average molecular weight is 803 g/mol. The predicted octanol–water partition coefficient (Wildman–Crippen LogP) is 6.95. The van der Waals surface area contributed by atoms with Gasteiger partial charge in [0.25, 0.3) is 0 Å². The molecular weight excluding hydrogens is 753 g/mol. The lowest BCUT2D eigenvalue weighted by molar-refractivity contribution is -0.337. The van der Waals surface area contributed by atoms with Crippen LogP contribution in [-0.2, 0) is 85.2 Å². The first-order chi connectivity index (χ1) is 29.1. The summed E-state index contributed by atoms with van der Waals surface area (Å²) in [5, 5.41) is 0. The largest absolute Gasteiger partial charge is 0.454 e. The van der Waals surface area contributed by atoms with Crippen molar-refractivity contribution in [3.05, 3.63) is 179 Å². The second-order valence-electron chi connectivity index (χ2n) is 14.7. The van der Waals surface area contributed by atoms with Gasteiger partial charge in [-0.1, -0.05) is 152 Å². The molecule has 0 unspecified atom stereocenters. The Morgan fingerprint density at radius 1 is 0.424 bits per heavy atom. The van der Waals surface area contributed by atoms with Gasteiger partial charge in [0, 0.05) is 7.11 Å². The van der Waals surface area contributed by atoms with Crippen LogP contribution in [0.2, 0.25) is 0 Å². The molecule has 308 valence electrons. The number of carbonyl (C=O) groups excluding carboxylic acids is 1. The van der Waals surface area contributed by atoms with Crippen LogP contribution in [0, 0.1) is 0 Å². The van der Waals surface area contributed by atoms with Crippen molar-refractivity contribution in [3.63, 3.8) is 0 Å². The van der Waals surface area contributed by atoms with E-state index in [4.69, 9.17) is 47.4 Å². The van der Waals surface area contributed by atoms with E-state index in [0.29, 0.717) is 13.2 Å². The van der Waals surface area contributed by atoms with E-state index in [1.807, 2.05) is 152 Å². The highest BCUT2D eigenvalue weighted by Crippen LogP contribution is 2.37. The van der Waals surface area contributed by atoms with Crippen LogP contribution in [0.15, 0.2) is 152 Å². The van der Waals surface area contributed by atoms with Gasteiger partial charge >= 0.3 is 5.97 Å². The van der Waals surface area contributed by atoms with Crippen molar-refractivity contribution in [1.82, 2.24) is 0 Å². The Hall–Kier alpha value is -4.79. The van der Waals surface area contributed by atoms with Crippen LogP contribution in [-0.4, -0.2) is 81.1 Å². The normalized spacial score (nSPS) is 27.6. The Bertz CT molecular complexity index is 1990. The minimum atomic E-state index is -1.02. The molecule has 11 heteroatoms. The average Bonchev–Trinajstić information content (AvgIpc) is 3.52. The highest BCUT2D eigenvalue weighted by molar-refractivity contribution is 5.78. The first kappa shape index (κ1) is 41.0. The van der Waals surface area contributed by atoms with Crippen molar-refractivity contribution in [1.29, 1.82) is 0 Å². The van der Waals surface area contributed by atoms with E-state index in [9.17, 15) is 4.79 Å². The topological polar surface area (TPSA) is 109 Å². The zero-order valence-electron chi connectivity index (χ0n) is 32.9. The molecular formula is C48H50O11. The van der Waals surface area contributed by atoms with Crippen molar-refractivity contribution in [2.24, 2.45) is 0 Å². The number of rotatable bonds is 19. The fraction of sp³-hybridized carbons (Fsp3) is 0.354. The number of hydrogen-bond acceptors (Lipinski definition) is 11. The molecule has 0 aromatic heterocycles. The Morgan fingerprint density at radius 3 is 1.25 bits per heavy atom. The van der Waals surface area contributed by atoms with Gasteiger partial charge in [0.15, 0.2) is 24.8 Å². The quantitative estimate of drug-likeness (QED) is 0.0810. The predicted molar refractivity (Wildman–Crippen MR) is 215 cm³/mol. The molecule has 0 amide bonds. The molecule has 3 aliphatic rings. The fourth-order valence-electron chi connectivity index (χ4n) is 7.62.